The molecule has 0 radical (unpaired) electrons. The molecule has 1 fully saturated rings. The van der Waals surface area contributed by atoms with Gasteiger partial charge in [0.15, 0.2) is 11.5 Å². The number of amides is 3. The molecule has 2 aromatic rings. The number of likely N-dealkylation sites (tertiary alicyclic amines) is 1. The molecule has 2 aliphatic heterocycles. The zero-order valence-corrected chi connectivity index (χ0v) is 19.2. The lowest BCUT2D eigenvalue weighted by Gasteiger charge is -2.32. The standard InChI is InChI=1S/C23H26N4O5S/c1-33-22-17(3-2-8-24-22)23(30)27-9-6-15(7-10-27)12-25-20(28)21(29)26-13-16-4-5-18-19(11-16)32-14-31-18/h2-5,8,11,15H,6-7,9-10,12-14H2,1H3,(H,25,28)(H,26,29). The summed E-state index contributed by atoms with van der Waals surface area (Å²) >= 11 is 1.45. The summed E-state index contributed by atoms with van der Waals surface area (Å²) in [5.41, 5.74) is 1.44. The van der Waals surface area contributed by atoms with Crippen LogP contribution in [0.2, 0.25) is 0 Å². The Kier molecular flexibility index (Phi) is 7.33. The van der Waals surface area contributed by atoms with Gasteiger partial charge in [-0.3, -0.25) is 14.4 Å². The monoisotopic (exact) mass is 470 g/mol. The number of piperidine rings is 1. The Morgan fingerprint density at radius 3 is 2.64 bits per heavy atom. The average molecular weight is 471 g/mol. The number of carbonyl (C=O) groups is 3. The molecule has 1 aromatic carbocycles. The van der Waals surface area contributed by atoms with Crippen LogP contribution in [0.15, 0.2) is 41.6 Å². The van der Waals surface area contributed by atoms with E-state index in [1.807, 2.05) is 17.2 Å². The fourth-order valence-electron chi connectivity index (χ4n) is 3.86. The van der Waals surface area contributed by atoms with Gasteiger partial charge in [0.2, 0.25) is 6.79 Å². The third kappa shape index (κ3) is 5.57. The average Bonchev–Trinajstić information content (AvgIpc) is 3.33. The zero-order chi connectivity index (χ0) is 23.2. The Morgan fingerprint density at radius 1 is 1.09 bits per heavy atom. The van der Waals surface area contributed by atoms with E-state index in [1.165, 1.54) is 11.8 Å². The predicted octanol–water partition coefficient (Wildman–Crippen LogP) is 1.82. The Hall–Kier alpha value is -3.27. The highest BCUT2D eigenvalue weighted by molar-refractivity contribution is 7.98. The summed E-state index contributed by atoms with van der Waals surface area (Å²) in [4.78, 5) is 43.2. The normalized spacial score (nSPS) is 15.2. The van der Waals surface area contributed by atoms with Crippen molar-refractivity contribution in [3.63, 3.8) is 0 Å². The largest absolute Gasteiger partial charge is 0.454 e. The lowest BCUT2D eigenvalue weighted by atomic mass is 9.96. The highest BCUT2D eigenvalue weighted by Crippen LogP contribution is 2.32. The van der Waals surface area contributed by atoms with Crippen LogP contribution < -0.4 is 20.1 Å². The van der Waals surface area contributed by atoms with Crippen LogP contribution in [0.3, 0.4) is 0 Å². The van der Waals surface area contributed by atoms with Crippen molar-refractivity contribution in [1.29, 1.82) is 0 Å². The van der Waals surface area contributed by atoms with Crippen molar-refractivity contribution >= 4 is 29.5 Å². The third-order valence-corrected chi connectivity index (χ3v) is 6.46. The number of hydrogen-bond donors (Lipinski definition) is 2. The van der Waals surface area contributed by atoms with E-state index in [-0.39, 0.29) is 25.2 Å². The van der Waals surface area contributed by atoms with Gasteiger partial charge in [0.1, 0.15) is 5.03 Å². The van der Waals surface area contributed by atoms with E-state index in [2.05, 4.69) is 15.6 Å². The van der Waals surface area contributed by atoms with Crippen LogP contribution in [0.5, 0.6) is 11.5 Å². The van der Waals surface area contributed by atoms with Crippen molar-refractivity contribution in [2.45, 2.75) is 24.4 Å². The minimum Gasteiger partial charge on any atom is -0.454 e. The van der Waals surface area contributed by atoms with Crippen molar-refractivity contribution in [3.8, 4) is 11.5 Å². The Balaban J connectivity index is 1.19. The van der Waals surface area contributed by atoms with Gasteiger partial charge in [-0.1, -0.05) is 6.07 Å². The van der Waals surface area contributed by atoms with Crippen molar-refractivity contribution in [3.05, 3.63) is 47.7 Å². The van der Waals surface area contributed by atoms with Crippen LogP contribution in [-0.4, -0.2) is 60.3 Å². The van der Waals surface area contributed by atoms with Gasteiger partial charge in [-0.25, -0.2) is 4.98 Å². The molecular weight excluding hydrogens is 444 g/mol. The minimum atomic E-state index is -0.679. The van der Waals surface area contributed by atoms with Crippen molar-refractivity contribution < 1.29 is 23.9 Å². The molecule has 3 amide bonds. The molecule has 0 unspecified atom stereocenters. The minimum absolute atomic E-state index is 0.0159. The summed E-state index contributed by atoms with van der Waals surface area (Å²) < 4.78 is 10.6. The summed E-state index contributed by atoms with van der Waals surface area (Å²) in [6.45, 7) is 2.02. The van der Waals surface area contributed by atoms with Crippen molar-refractivity contribution in [2.75, 3.05) is 32.7 Å². The summed E-state index contributed by atoms with van der Waals surface area (Å²) in [5.74, 6) is 0.159. The highest BCUT2D eigenvalue weighted by Gasteiger charge is 2.26. The van der Waals surface area contributed by atoms with Gasteiger partial charge in [-0.2, -0.15) is 0 Å². The van der Waals surface area contributed by atoms with Crippen LogP contribution in [0.1, 0.15) is 28.8 Å². The Labute approximate surface area is 196 Å². The van der Waals surface area contributed by atoms with E-state index in [0.29, 0.717) is 36.7 Å². The maximum Gasteiger partial charge on any atom is 0.309 e. The van der Waals surface area contributed by atoms with E-state index in [9.17, 15) is 14.4 Å². The van der Waals surface area contributed by atoms with Gasteiger partial charge < -0.3 is 25.0 Å². The first kappa shape index (κ1) is 22.9. The van der Waals surface area contributed by atoms with E-state index < -0.39 is 11.8 Å². The van der Waals surface area contributed by atoms with Crippen LogP contribution in [0.4, 0.5) is 0 Å². The highest BCUT2D eigenvalue weighted by atomic mass is 32.2. The van der Waals surface area contributed by atoms with Crippen LogP contribution >= 0.6 is 11.8 Å². The van der Waals surface area contributed by atoms with E-state index in [1.54, 1.807) is 30.5 Å². The number of nitrogens with zero attached hydrogens (tertiary/aromatic N) is 2. The lowest BCUT2D eigenvalue weighted by Crippen LogP contribution is -2.44. The maximum absolute atomic E-state index is 12.8. The van der Waals surface area contributed by atoms with E-state index >= 15 is 0 Å². The summed E-state index contributed by atoms with van der Waals surface area (Å²) in [6, 6.07) is 8.94. The molecule has 174 valence electrons. The molecule has 1 aromatic heterocycles. The number of nitrogens with one attached hydrogen (secondary N) is 2. The van der Waals surface area contributed by atoms with Gasteiger partial charge in [-0.15, -0.1) is 11.8 Å². The van der Waals surface area contributed by atoms with Gasteiger partial charge in [0, 0.05) is 32.4 Å². The molecule has 0 atom stereocenters. The number of rotatable bonds is 6. The summed E-state index contributed by atoms with van der Waals surface area (Å²) in [5, 5.41) is 6.06. The van der Waals surface area contributed by atoms with E-state index in [0.717, 1.165) is 23.4 Å². The zero-order valence-electron chi connectivity index (χ0n) is 18.3. The van der Waals surface area contributed by atoms with Crippen molar-refractivity contribution in [1.82, 2.24) is 20.5 Å². The number of benzene rings is 1. The SMILES string of the molecule is CSc1ncccc1C(=O)N1CCC(CNC(=O)C(=O)NCc2ccc3c(c2)OCO3)CC1. The van der Waals surface area contributed by atoms with Crippen LogP contribution in [0, 0.1) is 5.92 Å². The van der Waals surface area contributed by atoms with Gasteiger partial charge >= 0.3 is 11.8 Å². The van der Waals surface area contributed by atoms with Crippen LogP contribution in [0.25, 0.3) is 0 Å². The predicted molar refractivity (Wildman–Crippen MR) is 122 cm³/mol. The summed E-state index contributed by atoms with van der Waals surface area (Å²) in [7, 11) is 0. The number of carbonyl (C=O) groups excluding carboxylic acids is 3. The number of ether oxygens (including phenoxy) is 2. The fraction of sp³-hybridized carbons (Fsp3) is 0.391. The first-order chi connectivity index (χ1) is 16.0. The molecule has 2 N–H and O–H groups in total. The molecule has 9 nitrogen and oxygen atoms in total. The molecule has 33 heavy (non-hydrogen) atoms. The number of hydrogen-bond acceptors (Lipinski definition) is 7. The summed E-state index contributed by atoms with van der Waals surface area (Å²) in [6.07, 6.45) is 5.11. The molecule has 0 aliphatic carbocycles. The molecule has 0 spiro atoms. The lowest BCUT2D eigenvalue weighted by molar-refractivity contribution is -0.139. The van der Waals surface area contributed by atoms with E-state index in [4.69, 9.17) is 9.47 Å². The van der Waals surface area contributed by atoms with Gasteiger partial charge in [0.05, 0.1) is 5.56 Å². The second-order valence-electron chi connectivity index (χ2n) is 7.88. The Morgan fingerprint density at radius 2 is 1.85 bits per heavy atom. The first-order valence-electron chi connectivity index (χ1n) is 10.8. The fourth-order valence-corrected chi connectivity index (χ4v) is 4.40. The second kappa shape index (κ2) is 10.6. The molecule has 4 rings (SSSR count). The smallest absolute Gasteiger partial charge is 0.309 e. The number of pyridine rings is 1. The van der Waals surface area contributed by atoms with Gasteiger partial charge in [-0.05, 0) is 54.8 Å². The van der Waals surface area contributed by atoms with Crippen LogP contribution in [-0.2, 0) is 16.1 Å². The second-order valence-corrected chi connectivity index (χ2v) is 8.67. The number of aromatic nitrogens is 1. The maximum atomic E-state index is 12.8. The molecule has 1 saturated heterocycles. The quantitative estimate of drug-likeness (QED) is 0.490. The molecule has 10 heteroatoms. The topological polar surface area (TPSA) is 110 Å². The Bertz CT molecular complexity index is 1040. The molecule has 0 bridgehead atoms. The van der Waals surface area contributed by atoms with Crippen molar-refractivity contribution in [2.24, 2.45) is 5.92 Å². The first-order valence-corrected chi connectivity index (χ1v) is 12.0. The third-order valence-electron chi connectivity index (χ3n) is 5.74. The number of fused-ring (bicyclic) bond motifs is 1. The molecule has 2 aliphatic rings. The number of thioether (sulfide) groups is 1. The molecule has 0 saturated carbocycles. The molecular formula is C23H26N4O5S. The van der Waals surface area contributed by atoms with Gasteiger partial charge in [0.25, 0.3) is 5.91 Å². The molecule has 3 heterocycles.